The molecule has 0 radical (unpaired) electrons. The first-order valence-electron chi connectivity index (χ1n) is 8.67. The number of carbonyl (C=O) groups is 2. The molecular weight excluding hydrogens is 362 g/mol. The molecule has 27 heavy (non-hydrogen) atoms. The summed E-state index contributed by atoms with van der Waals surface area (Å²) >= 11 is 1.33. The maximum Gasteiger partial charge on any atom is 0.339 e. The number of ether oxygens (including phenoxy) is 2. The van der Waals surface area contributed by atoms with Crippen LogP contribution in [-0.4, -0.2) is 49.8 Å². The molecule has 1 amide bonds. The normalized spacial score (nSPS) is 10.4. The molecule has 0 saturated carbocycles. The molecule has 0 bridgehead atoms. The van der Waals surface area contributed by atoms with Crippen molar-refractivity contribution in [3.8, 4) is 5.75 Å². The molecule has 0 aliphatic rings. The third kappa shape index (κ3) is 6.64. The topological polar surface area (TPSA) is 55.8 Å². The van der Waals surface area contributed by atoms with Crippen LogP contribution in [0.3, 0.4) is 0 Å². The van der Waals surface area contributed by atoms with Gasteiger partial charge in [0.25, 0.3) is 0 Å². The van der Waals surface area contributed by atoms with Crippen molar-refractivity contribution in [2.24, 2.45) is 0 Å². The fourth-order valence-corrected chi connectivity index (χ4v) is 3.44. The highest BCUT2D eigenvalue weighted by Gasteiger charge is 2.14. The number of rotatable bonds is 8. The Labute approximate surface area is 164 Å². The standard InChI is InChI=1S/C21H25NO4S/c1-15-11-16(2)13-17(12-15)25-9-10-26-21(24)18-7-5-6-8-19(18)27-14-20(23)22(3)4/h5-8,11-13H,9-10,14H2,1-4H3. The number of hydrogen-bond acceptors (Lipinski definition) is 5. The van der Waals surface area contributed by atoms with Gasteiger partial charge < -0.3 is 14.4 Å². The summed E-state index contributed by atoms with van der Waals surface area (Å²) < 4.78 is 11.0. The maximum absolute atomic E-state index is 12.4. The van der Waals surface area contributed by atoms with E-state index < -0.39 is 5.97 Å². The zero-order chi connectivity index (χ0) is 19.8. The molecule has 0 N–H and O–H groups in total. The highest BCUT2D eigenvalue weighted by molar-refractivity contribution is 8.00. The van der Waals surface area contributed by atoms with Crippen LogP contribution in [-0.2, 0) is 9.53 Å². The second-order valence-corrected chi connectivity index (χ2v) is 7.40. The van der Waals surface area contributed by atoms with Crippen molar-refractivity contribution in [2.45, 2.75) is 18.7 Å². The van der Waals surface area contributed by atoms with E-state index in [2.05, 4.69) is 6.07 Å². The lowest BCUT2D eigenvalue weighted by Crippen LogP contribution is -2.23. The minimum Gasteiger partial charge on any atom is -0.490 e. The van der Waals surface area contributed by atoms with Gasteiger partial charge in [0.15, 0.2) is 0 Å². The van der Waals surface area contributed by atoms with Gasteiger partial charge in [0.05, 0.1) is 11.3 Å². The lowest BCUT2D eigenvalue weighted by molar-refractivity contribution is -0.125. The van der Waals surface area contributed by atoms with Crippen molar-refractivity contribution in [3.63, 3.8) is 0 Å². The van der Waals surface area contributed by atoms with E-state index >= 15 is 0 Å². The highest BCUT2D eigenvalue weighted by Crippen LogP contribution is 2.23. The highest BCUT2D eigenvalue weighted by atomic mass is 32.2. The van der Waals surface area contributed by atoms with Crippen LogP contribution < -0.4 is 4.74 Å². The van der Waals surface area contributed by atoms with Crippen molar-refractivity contribution in [1.82, 2.24) is 4.90 Å². The number of nitrogens with zero attached hydrogens (tertiary/aromatic N) is 1. The monoisotopic (exact) mass is 387 g/mol. The Balaban J connectivity index is 1.87. The van der Waals surface area contributed by atoms with Crippen LogP contribution in [0.1, 0.15) is 21.5 Å². The van der Waals surface area contributed by atoms with E-state index in [0.717, 1.165) is 21.8 Å². The average Bonchev–Trinajstić information content (AvgIpc) is 2.62. The molecule has 0 unspecified atom stereocenters. The molecule has 0 heterocycles. The fourth-order valence-electron chi connectivity index (χ4n) is 2.42. The van der Waals surface area contributed by atoms with Gasteiger partial charge in [-0.1, -0.05) is 18.2 Å². The quantitative estimate of drug-likeness (QED) is 0.393. The fraction of sp³-hybridized carbons (Fsp3) is 0.333. The van der Waals surface area contributed by atoms with Crippen LogP contribution in [0.5, 0.6) is 5.75 Å². The van der Waals surface area contributed by atoms with Crippen LogP contribution in [0.15, 0.2) is 47.4 Å². The van der Waals surface area contributed by atoms with E-state index in [0.29, 0.717) is 5.56 Å². The summed E-state index contributed by atoms with van der Waals surface area (Å²) in [4.78, 5) is 26.4. The number of benzene rings is 2. The molecule has 2 aromatic carbocycles. The predicted octanol–water partition coefficient (Wildman–Crippen LogP) is 3.72. The van der Waals surface area contributed by atoms with Crippen molar-refractivity contribution < 1.29 is 19.1 Å². The molecule has 0 saturated heterocycles. The first kappa shape index (κ1) is 20.8. The minimum atomic E-state index is -0.417. The van der Waals surface area contributed by atoms with Crippen molar-refractivity contribution in [2.75, 3.05) is 33.1 Å². The second-order valence-electron chi connectivity index (χ2n) is 6.38. The van der Waals surface area contributed by atoms with Crippen LogP contribution in [0.2, 0.25) is 0 Å². The maximum atomic E-state index is 12.4. The van der Waals surface area contributed by atoms with Gasteiger partial charge in [-0.3, -0.25) is 4.79 Å². The molecule has 0 aliphatic carbocycles. The Kier molecular flexibility index (Phi) is 7.73. The third-order valence-corrected chi connectivity index (χ3v) is 4.80. The zero-order valence-electron chi connectivity index (χ0n) is 16.2. The first-order chi connectivity index (χ1) is 12.9. The molecule has 0 spiro atoms. The van der Waals surface area contributed by atoms with Crippen LogP contribution in [0, 0.1) is 13.8 Å². The molecule has 0 aromatic heterocycles. The number of amides is 1. The Hall–Kier alpha value is -2.47. The van der Waals surface area contributed by atoms with Gasteiger partial charge in [0.2, 0.25) is 5.91 Å². The van der Waals surface area contributed by atoms with Gasteiger partial charge >= 0.3 is 5.97 Å². The predicted molar refractivity (Wildman–Crippen MR) is 108 cm³/mol. The van der Waals surface area contributed by atoms with Gasteiger partial charge in [0.1, 0.15) is 19.0 Å². The molecule has 0 atom stereocenters. The Morgan fingerprint density at radius 3 is 2.33 bits per heavy atom. The molecule has 144 valence electrons. The van der Waals surface area contributed by atoms with Crippen molar-refractivity contribution in [3.05, 3.63) is 59.2 Å². The molecule has 5 nitrogen and oxygen atoms in total. The average molecular weight is 388 g/mol. The summed E-state index contributed by atoms with van der Waals surface area (Å²) in [6.07, 6.45) is 0. The lowest BCUT2D eigenvalue weighted by atomic mass is 10.1. The van der Waals surface area contributed by atoms with Crippen molar-refractivity contribution in [1.29, 1.82) is 0 Å². The van der Waals surface area contributed by atoms with E-state index in [1.54, 1.807) is 26.2 Å². The largest absolute Gasteiger partial charge is 0.490 e. The number of aryl methyl sites for hydroxylation is 2. The second kappa shape index (κ2) is 10.0. The molecule has 0 fully saturated rings. The Bertz CT molecular complexity index is 784. The van der Waals surface area contributed by atoms with Gasteiger partial charge in [-0.05, 0) is 49.2 Å². The minimum absolute atomic E-state index is 0.00924. The summed E-state index contributed by atoms with van der Waals surface area (Å²) in [6, 6.07) is 13.1. The molecule has 2 aromatic rings. The van der Waals surface area contributed by atoms with Gasteiger partial charge in [-0.15, -0.1) is 11.8 Å². The first-order valence-corrected chi connectivity index (χ1v) is 9.65. The van der Waals surface area contributed by atoms with Gasteiger partial charge in [-0.2, -0.15) is 0 Å². The Morgan fingerprint density at radius 2 is 1.67 bits per heavy atom. The number of esters is 1. The molecule has 0 aliphatic heterocycles. The Morgan fingerprint density at radius 1 is 1.00 bits per heavy atom. The van der Waals surface area contributed by atoms with E-state index in [1.807, 2.05) is 38.1 Å². The van der Waals surface area contributed by atoms with E-state index in [-0.39, 0.29) is 24.9 Å². The third-order valence-electron chi connectivity index (χ3n) is 3.74. The SMILES string of the molecule is Cc1cc(C)cc(OCCOC(=O)c2ccccc2SCC(=O)N(C)C)c1. The van der Waals surface area contributed by atoms with Crippen LogP contribution in [0.25, 0.3) is 0 Å². The van der Waals surface area contributed by atoms with E-state index in [9.17, 15) is 9.59 Å². The van der Waals surface area contributed by atoms with Gasteiger partial charge in [0, 0.05) is 19.0 Å². The van der Waals surface area contributed by atoms with Gasteiger partial charge in [-0.25, -0.2) is 4.79 Å². The summed E-state index contributed by atoms with van der Waals surface area (Å²) in [5.41, 5.74) is 2.71. The lowest BCUT2D eigenvalue weighted by Gasteiger charge is -2.12. The molecular formula is C21H25NO4S. The van der Waals surface area contributed by atoms with E-state index in [4.69, 9.17) is 9.47 Å². The summed E-state index contributed by atoms with van der Waals surface area (Å²) in [7, 11) is 3.41. The number of hydrogen-bond donors (Lipinski definition) is 0. The smallest absolute Gasteiger partial charge is 0.339 e. The summed E-state index contributed by atoms with van der Waals surface area (Å²) in [5.74, 6) is 0.610. The van der Waals surface area contributed by atoms with E-state index in [1.165, 1.54) is 16.7 Å². The summed E-state index contributed by atoms with van der Waals surface area (Å²) in [6.45, 7) is 4.45. The number of carbonyl (C=O) groups excluding carboxylic acids is 2. The number of thioether (sulfide) groups is 1. The van der Waals surface area contributed by atoms with Crippen molar-refractivity contribution >= 4 is 23.6 Å². The summed E-state index contributed by atoms with van der Waals surface area (Å²) in [5, 5.41) is 0. The molecule has 2 rings (SSSR count). The molecule has 6 heteroatoms. The van der Waals surface area contributed by atoms with Crippen LogP contribution in [0.4, 0.5) is 0 Å². The van der Waals surface area contributed by atoms with Crippen LogP contribution >= 0.6 is 11.8 Å². The zero-order valence-corrected chi connectivity index (χ0v) is 17.0.